The van der Waals surface area contributed by atoms with Crippen LogP contribution in [0.1, 0.15) is 28.5 Å². The molecule has 0 aliphatic heterocycles. The molecule has 1 N–H and O–H groups in total. The number of rotatable bonds is 3. The fraction of sp³-hybridized carbons (Fsp3) is 0.286. The average molecular weight is 325 g/mol. The summed E-state index contributed by atoms with van der Waals surface area (Å²) in [7, 11) is 0. The van der Waals surface area contributed by atoms with E-state index >= 15 is 0 Å². The molecule has 1 atom stereocenters. The van der Waals surface area contributed by atoms with E-state index in [1.54, 1.807) is 11.3 Å². The Labute approximate surface area is 118 Å². The van der Waals surface area contributed by atoms with Gasteiger partial charge in [-0.25, -0.2) is 0 Å². The summed E-state index contributed by atoms with van der Waals surface area (Å²) < 4.78 is 6.90. The molecule has 4 heteroatoms. The van der Waals surface area contributed by atoms with Crippen molar-refractivity contribution in [3.05, 3.63) is 50.1 Å². The normalized spacial score (nSPS) is 17.8. The molecule has 1 aliphatic carbocycles. The minimum atomic E-state index is -0.290. The second kappa shape index (κ2) is 5.03. The van der Waals surface area contributed by atoms with E-state index in [2.05, 4.69) is 22.0 Å². The molecule has 1 heterocycles. The lowest BCUT2D eigenvalue weighted by Gasteiger charge is -2.08. The van der Waals surface area contributed by atoms with E-state index in [0.717, 1.165) is 27.9 Å². The number of hydrogen-bond acceptors (Lipinski definition) is 3. The van der Waals surface area contributed by atoms with Gasteiger partial charge in [0.05, 0.1) is 9.89 Å². The van der Waals surface area contributed by atoms with Gasteiger partial charge in [0.15, 0.2) is 0 Å². The monoisotopic (exact) mass is 324 g/mol. The maximum atomic E-state index is 9.74. The summed E-state index contributed by atoms with van der Waals surface area (Å²) in [6.07, 6.45) is 1.48. The summed E-state index contributed by atoms with van der Waals surface area (Å²) in [5.41, 5.74) is 2.27. The molecule has 94 valence electrons. The van der Waals surface area contributed by atoms with E-state index in [-0.39, 0.29) is 6.10 Å². The molecule has 3 rings (SSSR count). The third kappa shape index (κ3) is 2.46. The van der Waals surface area contributed by atoms with Gasteiger partial charge in [0, 0.05) is 4.88 Å². The van der Waals surface area contributed by atoms with Crippen LogP contribution in [0.4, 0.5) is 0 Å². The van der Waals surface area contributed by atoms with Crippen molar-refractivity contribution in [3.63, 3.8) is 0 Å². The minimum absolute atomic E-state index is 0.290. The van der Waals surface area contributed by atoms with E-state index in [4.69, 9.17) is 4.74 Å². The van der Waals surface area contributed by atoms with Gasteiger partial charge in [0.1, 0.15) is 12.4 Å². The van der Waals surface area contributed by atoms with Crippen molar-refractivity contribution in [1.29, 1.82) is 0 Å². The number of ether oxygens (including phenoxy) is 1. The molecular weight excluding hydrogens is 312 g/mol. The Morgan fingerprint density at radius 2 is 2.22 bits per heavy atom. The van der Waals surface area contributed by atoms with Crippen molar-refractivity contribution in [2.75, 3.05) is 0 Å². The zero-order valence-corrected chi connectivity index (χ0v) is 12.1. The van der Waals surface area contributed by atoms with Crippen molar-refractivity contribution in [2.24, 2.45) is 0 Å². The van der Waals surface area contributed by atoms with E-state index in [1.807, 2.05) is 24.3 Å². The van der Waals surface area contributed by atoms with Gasteiger partial charge in [-0.1, -0.05) is 6.07 Å². The SMILES string of the molecule is O[C@@H]1CCc2cc(OCc3ccc(Br)s3)ccc21. The van der Waals surface area contributed by atoms with Crippen LogP contribution in [0.3, 0.4) is 0 Å². The summed E-state index contributed by atoms with van der Waals surface area (Å²) in [6, 6.07) is 10.1. The van der Waals surface area contributed by atoms with E-state index in [0.29, 0.717) is 6.61 Å². The lowest BCUT2D eigenvalue weighted by atomic mass is 10.1. The average Bonchev–Trinajstić information content (AvgIpc) is 2.94. The molecule has 0 bridgehead atoms. The minimum Gasteiger partial charge on any atom is -0.488 e. The molecule has 0 fully saturated rings. The van der Waals surface area contributed by atoms with Gasteiger partial charge in [-0.15, -0.1) is 11.3 Å². The fourth-order valence-corrected chi connectivity index (χ4v) is 3.64. The number of halogens is 1. The first-order valence-corrected chi connectivity index (χ1v) is 7.51. The van der Waals surface area contributed by atoms with Crippen molar-refractivity contribution in [1.82, 2.24) is 0 Å². The van der Waals surface area contributed by atoms with Crippen molar-refractivity contribution >= 4 is 27.3 Å². The van der Waals surface area contributed by atoms with Crippen molar-refractivity contribution in [2.45, 2.75) is 25.6 Å². The molecule has 0 spiro atoms. The van der Waals surface area contributed by atoms with Crippen LogP contribution < -0.4 is 4.74 Å². The van der Waals surface area contributed by atoms with Gasteiger partial charge < -0.3 is 9.84 Å². The van der Waals surface area contributed by atoms with Crippen LogP contribution in [0.15, 0.2) is 34.1 Å². The number of hydrogen-bond donors (Lipinski definition) is 1. The molecular formula is C14H13BrO2S. The molecule has 0 saturated carbocycles. The summed E-state index contributed by atoms with van der Waals surface area (Å²) in [5.74, 6) is 0.882. The predicted octanol–water partition coefficient (Wildman–Crippen LogP) is 4.07. The molecule has 0 saturated heterocycles. The zero-order valence-electron chi connectivity index (χ0n) is 9.73. The lowest BCUT2D eigenvalue weighted by Crippen LogP contribution is -1.95. The van der Waals surface area contributed by atoms with Crippen LogP contribution in [-0.2, 0) is 13.0 Å². The number of aliphatic hydroxyl groups excluding tert-OH is 1. The maximum absolute atomic E-state index is 9.74. The van der Waals surface area contributed by atoms with Crippen LogP contribution in [0, 0.1) is 0 Å². The van der Waals surface area contributed by atoms with Gasteiger partial charge >= 0.3 is 0 Å². The molecule has 2 nitrogen and oxygen atoms in total. The third-order valence-corrected chi connectivity index (χ3v) is 4.77. The molecule has 18 heavy (non-hydrogen) atoms. The molecule has 2 aromatic rings. The first-order valence-electron chi connectivity index (χ1n) is 5.90. The van der Waals surface area contributed by atoms with Crippen LogP contribution in [-0.4, -0.2) is 5.11 Å². The second-order valence-corrected chi connectivity index (χ2v) is 6.96. The molecule has 0 amide bonds. The van der Waals surface area contributed by atoms with Crippen LogP contribution >= 0.6 is 27.3 Å². The van der Waals surface area contributed by atoms with E-state index in [1.165, 1.54) is 10.4 Å². The largest absolute Gasteiger partial charge is 0.488 e. The highest BCUT2D eigenvalue weighted by molar-refractivity contribution is 9.11. The quantitative estimate of drug-likeness (QED) is 0.922. The van der Waals surface area contributed by atoms with Crippen molar-refractivity contribution < 1.29 is 9.84 Å². The van der Waals surface area contributed by atoms with E-state index in [9.17, 15) is 5.11 Å². The molecule has 0 radical (unpaired) electrons. The number of aliphatic hydroxyl groups is 1. The molecule has 0 unspecified atom stereocenters. The highest BCUT2D eigenvalue weighted by Crippen LogP contribution is 2.33. The number of benzene rings is 1. The predicted molar refractivity (Wildman–Crippen MR) is 76.1 cm³/mol. The summed E-state index contributed by atoms with van der Waals surface area (Å²) in [4.78, 5) is 1.20. The van der Waals surface area contributed by atoms with Gasteiger partial charge in [-0.05, 0) is 64.2 Å². The maximum Gasteiger partial charge on any atom is 0.122 e. The van der Waals surface area contributed by atoms with Crippen molar-refractivity contribution in [3.8, 4) is 5.75 Å². The summed E-state index contributed by atoms with van der Waals surface area (Å²) >= 11 is 5.13. The topological polar surface area (TPSA) is 29.5 Å². The standard InChI is InChI=1S/C14H13BrO2S/c15-14-6-3-11(18-14)8-17-10-2-4-12-9(7-10)1-5-13(12)16/h2-4,6-7,13,16H,1,5,8H2/t13-/m1/s1. The Morgan fingerprint density at radius 1 is 1.33 bits per heavy atom. The van der Waals surface area contributed by atoms with Gasteiger partial charge in [0.2, 0.25) is 0 Å². The first kappa shape index (κ1) is 12.2. The Bertz CT molecular complexity index is 565. The number of thiophene rings is 1. The third-order valence-electron chi connectivity index (χ3n) is 3.17. The fourth-order valence-electron chi connectivity index (χ4n) is 2.24. The number of fused-ring (bicyclic) bond motifs is 1. The van der Waals surface area contributed by atoms with E-state index < -0.39 is 0 Å². The Morgan fingerprint density at radius 3 is 3.00 bits per heavy atom. The van der Waals surface area contributed by atoms with Crippen LogP contribution in [0.5, 0.6) is 5.75 Å². The summed E-state index contributed by atoms with van der Waals surface area (Å²) in [6.45, 7) is 0.595. The Kier molecular flexibility index (Phi) is 3.41. The zero-order chi connectivity index (χ0) is 12.5. The molecule has 1 aromatic carbocycles. The van der Waals surface area contributed by atoms with Gasteiger partial charge in [-0.2, -0.15) is 0 Å². The first-order chi connectivity index (χ1) is 8.72. The highest BCUT2D eigenvalue weighted by atomic mass is 79.9. The van der Waals surface area contributed by atoms with Crippen LogP contribution in [0.2, 0.25) is 0 Å². The highest BCUT2D eigenvalue weighted by Gasteiger charge is 2.20. The lowest BCUT2D eigenvalue weighted by molar-refractivity contribution is 0.180. The molecule has 1 aromatic heterocycles. The molecule has 1 aliphatic rings. The smallest absolute Gasteiger partial charge is 0.122 e. The number of aryl methyl sites for hydroxylation is 1. The van der Waals surface area contributed by atoms with Gasteiger partial charge in [0.25, 0.3) is 0 Å². The van der Waals surface area contributed by atoms with Gasteiger partial charge in [-0.3, -0.25) is 0 Å². The second-order valence-electron chi connectivity index (χ2n) is 4.41. The van der Waals surface area contributed by atoms with Crippen LogP contribution in [0.25, 0.3) is 0 Å². The summed E-state index contributed by atoms with van der Waals surface area (Å²) in [5, 5.41) is 9.74. The Hall–Kier alpha value is -0.840. The Balaban J connectivity index is 1.70.